The van der Waals surface area contributed by atoms with Crippen molar-refractivity contribution in [3.8, 4) is 0 Å². The van der Waals surface area contributed by atoms with Crippen LogP contribution in [-0.4, -0.2) is 32.0 Å². The third-order valence-corrected chi connectivity index (χ3v) is 4.64. The van der Waals surface area contributed by atoms with Gasteiger partial charge in [0.1, 0.15) is 9.84 Å². The van der Waals surface area contributed by atoms with Gasteiger partial charge >= 0.3 is 0 Å². The molecule has 3 N–H and O–H groups in total. The minimum Gasteiger partial charge on any atom is -0.397 e. The van der Waals surface area contributed by atoms with E-state index in [-0.39, 0.29) is 5.75 Å². The Labute approximate surface area is 116 Å². The lowest BCUT2D eigenvalue weighted by atomic mass is 10.2. The Morgan fingerprint density at radius 1 is 1.42 bits per heavy atom. The Balaban J connectivity index is 2.06. The zero-order valence-electron chi connectivity index (χ0n) is 10.9. The van der Waals surface area contributed by atoms with E-state index in [0.717, 1.165) is 20.9 Å². The number of aryl methyl sites for hydroxylation is 1. The molecule has 0 fully saturated rings. The molecular formula is C12H17N3O2S2. The Morgan fingerprint density at radius 3 is 2.84 bits per heavy atom. The van der Waals surface area contributed by atoms with Gasteiger partial charge in [-0.15, -0.1) is 11.3 Å². The van der Waals surface area contributed by atoms with Gasteiger partial charge < -0.3 is 11.1 Å². The van der Waals surface area contributed by atoms with Crippen LogP contribution in [-0.2, 0) is 9.84 Å². The summed E-state index contributed by atoms with van der Waals surface area (Å²) in [6.07, 6.45) is 1.80. The molecule has 0 saturated carbocycles. The number of fused-ring (bicyclic) bond motifs is 1. The molecule has 0 atom stereocenters. The predicted octanol–water partition coefficient (Wildman–Crippen LogP) is 2.03. The molecule has 0 aliphatic heterocycles. The van der Waals surface area contributed by atoms with Crippen LogP contribution in [0.1, 0.15) is 11.4 Å². The van der Waals surface area contributed by atoms with Gasteiger partial charge in [0.05, 0.1) is 32.4 Å². The summed E-state index contributed by atoms with van der Waals surface area (Å²) >= 11 is 1.61. The summed E-state index contributed by atoms with van der Waals surface area (Å²) in [6.45, 7) is 2.53. The van der Waals surface area contributed by atoms with E-state index in [4.69, 9.17) is 5.73 Å². The monoisotopic (exact) mass is 299 g/mol. The van der Waals surface area contributed by atoms with Crippen LogP contribution in [0.2, 0.25) is 0 Å². The molecule has 5 nitrogen and oxygen atoms in total. The lowest BCUT2D eigenvalue weighted by molar-refractivity contribution is 0.600. The Bertz CT molecular complexity index is 692. The molecule has 1 aromatic heterocycles. The molecule has 19 heavy (non-hydrogen) atoms. The molecule has 0 saturated heterocycles. The second kappa shape index (κ2) is 5.34. The van der Waals surface area contributed by atoms with Gasteiger partial charge in [0.2, 0.25) is 0 Å². The van der Waals surface area contributed by atoms with Crippen molar-refractivity contribution in [2.24, 2.45) is 0 Å². The largest absolute Gasteiger partial charge is 0.397 e. The fourth-order valence-corrected chi connectivity index (χ4v) is 3.34. The molecule has 0 amide bonds. The van der Waals surface area contributed by atoms with E-state index in [1.165, 1.54) is 6.26 Å². The first-order valence-electron chi connectivity index (χ1n) is 5.93. The van der Waals surface area contributed by atoms with Gasteiger partial charge in [-0.1, -0.05) is 0 Å². The third kappa shape index (κ3) is 3.81. The number of nitrogens with two attached hydrogens (primary N) is 1. The van der Waals surface area contributed by atoms with E-state index < -0.39 is 9.84 Å². The van der Waals surface area contributed by atoms with Crippen molar-refractivity contribution in [1.29, 1.82) is 0 Å². The number of aromatic nitrogens is 1. The molecule has 0 aliphatic rings. The number of hydrogen-bond donors (Lipinski definition) is 2. The lowest BCUT2D eigenvalue weighted by Crippen LogP contribution is -2.10. The van der Waals surface area contributed by atoms with Crippen molar-refractivity contribution < 1.29 is 8.42 Å². The summed E-state index contributed by atoms with van der Waals surface area (Å²) in [4.78, 5) is 4.41. The van der Waals surface area contributed by atoms with Crippen molar-refractivity contribution in [3.63, 3.8) is 0 Å². The number of benzene rings is 1. The van der Waals surface area contributed by atoms with Crippen molar-refractivity contribution in [1.82, 2.24) is 4.98 Å². The third-order valence-electron chi connectivity index (χ3n) is 2.67. The fourth-order valence-electron chi connectivity index (χ4n) is 1.82. The number of sulfone groups is 1. The van der Waals surface area contributed by atoms with Gasteiger partial charge in [-0.3, -0.25) is 0 Å². The first kappa shape index (κ1) is 14.1. The molecule has 0 radical (unpaired) electrons. The highest BCUT2D eigenvalue weighted by Crippen LogP contribution is 2.29. The Morgan fingerprint density at radius 2 is 2.16 bits per heavy atom. The Kier molecular flexibility index (Phi) is 3.96. The second-order valence-corrected chi connectivity index (χ2v) is 8.04. The van der Waals surface area contributed by atoms with Gasteiger partial charge in [-0.05, 0) is 25.5 Å². The molecule has 0 spiro atoms. The molecule has 0 unspecified atom stereocenters. The highest BCUT2D eigenvalue weighted by Gasteiger charge is 2.06. The number of nitrogen functional groups attached to an aromatic ring is 1. The number of hydrogen-bond acceptors (Lipinski definition) is 6. The van der Waals surface area contributed by atoms with E-state index in [2.05, 4.69) is 10.3 Å². The molecule has 1 heterocycles. The van der Waals surface area contributed by atoms with Gasteiger partial charge in [0, 0.05) is 12.8 Å². The lowest BCUT2D eigenvalue weighted by Gasteiger charge is -2.08. The summed E-state index contributed by atoms with van der Waals surface area (Å²) < 4.78 is 23.1. The molecular weight excluding hydrogens is 282 g/mol. The van der Waals surface area contributed by atoms with Gasteiger partial charge in [0.25, 0.3) is 0 Å². The minimum atomic E-state index is -2.90. The van der Waals surface area contributed by atoms with E-state index in [1.807, 2.05) is 19.1 Å². The van der Waals surface area contributed by atoms with Crippen LogP contribution in [0.4, 0.5) is 11.4 Å². The van der Waals surface area contributed by atoms with Crippen LogP contribution < -0.4 is 11.1 Å². The quantitative estimate of drug-likeness (QED) is 0.652. The summed E-state index contributed by atoms with van der Waals surface area (Å²) in [5, 5.41) is 4.17. The molecule has 104 valence electrons. The summed E-state index contributed by atoms with van der Waals surface area (Å²) in [6, 6.07) is 3.81. The van der Waals surface area contributed by atoms with Crippen LogP contribution in [0.3, 0.4) is 0 Å². The van der Waals surface area contributed by atoms with E-state index >= 15 is 0 Å². The maximum atomic E-state index is 11.0. The van der Waals surface area contributed by atoms with Crippen molar-refractivity contribution in [3.05, 3.63) is 17.1 Å². The topological polar surface area (TPSA) is 85.1 Å². The number of nitrogens with zero attached hydrogens (tertiary/aromatic N) is 1. The summed E-state index contributed by atoms with van der Waals surface area (Å²) in [5.74, 6) is 0.179. The predicted molar refractivity (Wildman–Crippen MR) is 81.6 cm³/mol. The molecule has 0 aliphatic carbocycles. The summed E-state index contributed by atoms with van der Waals surface area (Å²) in [5.41, 5.74) is 8.35. The van der Waals surface area contributed by atoms with Crippen LogP contribution in [0.5, 0.6) is 0 Å². The van der Waals surface area contributed by atoms with Crippen molar-refractivity contribution in [2.75, 3.05) is 29.6 Å². The Hall–Kier alpha value is -1.34. The maximum absolute atomic E-state index is 11.0. The van der Waals surface area contributed by atoms with Gasteiger partial charge in [-0.2, -0.15) is 0 Å². The van der Waals surface area contributed by atoms with Crippen LogP contribution in [0.15, 0.2) is 12.1 Å². The number of thiazole rings is 1. The standard InChI is InChI=1S/C12H17N3O2S2/c1-8-15-11-7-10(9(13)6-12(11)18-8)14-4-3-5-19(2,16)17/h6-7,14H,3-5,13H2,1-2H3. The average molecular weight is 299 g/mol. The zero-order chi connectivity index (χ0) is 14.0. The van der Waals surface area contributed by atoms with Crippen LogP contribution in [0.25, 0.3) is 10.2 Å². The zero-order valence-corrected chi connectivity index (χ0v) is 12.6. The fraction of sp³-hybridized carbons (Fsp3) is 0.417. The minimum absolute atomic E-state index is 0.179. The smallest absolute Gasteiger partial charge is 0.147 e. The average Bonchev–Trinajstić information content (AvgIpc) is 2.62. The van der Waals surface area contributed by atoms with Crippen molar-refractivity contribution in [2.45, 2.75) is 13.3 Å². The molecule has 2 rings (SSSR count). The summed E-state index contributed by atoms with van der Waals surface area (Å²) in [7, 11) is -2.90. The van der Waals surface area contributed by atoms with Gasteiger partial charge in [-0.25, -0.2) is 13.4 Å². The number of anilines is 2. The van der Waals surface area contributed by atoms with Crippen LogP contribution >= 0.6 is 11.3 Å². The highest BCUT2D eigenvalue weighted by atomic mass is 32.2. The molecule has 1 aromatic carbocycles. The molecule has 0 bridgehead atoms. The second-order valence-electron chi connectivity index (χ2n) is 4.55. The maximum Gasteiger partial charge on any atom is 0.147 e. The van der Waals surface area contributed by atoms with E-state index in [0.29, 0.717) is 18.7 Å². The number of nitrogens with one attached hydrogen (secondary N) is 1. The highest BCUT2D eigenvalue weighted by molar-refractivity contribution is 7.90. The normalized spacial score (nSPS) is 11.9. The first-order valence-corrected chi connectivity index (χ1v) is 8.81. The number of rotatable bonds is 5. The van der Waals surface area contributed by atoms with Crippen molar-refractivity contribution >= 4 is 42.8 Å². The molecule has 7 heteroatoms. The van der Waals surface area contributed by atoms with E-state index in [1.54, 1.807) is 11.3 Å². The van der Waals surface area contributed by atoms with Crippen LogP contribution in [0, 0.1) is 6.92 Å². The SMILES string of the molecule is Cc1nc2cc(NCCCS(C)(=O)=O)c(N)cc2s1. The molecule has 2 aromatic rings. The first-order chi connectivity index (χ1) is 8.85. The van der Waals surface area contributed by atoms with E-state index in [9.17, 15) is 8.42 Å². The van der Waals surface area contributed by atoms with Gasteiger partial charge in [0.15, 0.2) is 0 Å².